The second kappa shape index (κ2) is 6.01. The molecule has 0 atom stereocenters. The van der Waals surface area contributed by atoms with Crippen LogP contribution in [0.4, 0.5) is 5.69 Å². The van der Waals surface area contributed by atoms with Crippen molar-refractivity contribution in [1.82, 2.24) is 0 Å². The van der Waals surface area contributed by atoms with Gasteiger partial charge in [0.05, 0.1) is 5.39 Å². The lowest BCUT2D eigenvalue weighted by Crippen LogP contribution is -2.29. The zero-order valence-electron chi connectivity index (χ0n) is 15.8. The molecule has 2 aromatic heterocycles. The van der Waals surface area contributed by atoms with Crippen molar-refractivity contribution in [3.05, 3.63) is 58.8 Å². The van der Waals surface area contributed by atoms with Crippen molar-refractivity contribution in [1.29, 1.82) is 0 Å². The monoisotopic (exact) mass is 385 g/mol. The van der Waals surface area contributed by atoms with Crippen molar-refractivity contribution in [2.45, 2.75) is 19.3 Å². The molecule has 5 aromatic rings. The van der Waals surface area contributed by atoms with Crippen LogP contribution < -0.4 is 10.3 Å². The molecule has 1 fully saturated rings. The fourth-order valence-electron chi connectivity index (χ4n) is 4.58. The summed E-state index contributed by atoms with van der Waals surface area (Å²) < 4.78 is 12.1. The summed E-state index contributed by atoms with van der Waals surface area (Å²) in [6.45, 7) is 2.10. The Hall–Kier alpha value is -3.47. The molecule has 0 amide bonds. The lowest BCUT2D eigenvalue weighted by Gasteiger charge is -2.28. The maximum Gasteiger partial charge on any atom is 0.186 e. The molecule has 5 nitrogen and oxygen atoms in total. The van der Waals surface area contributed by atoms with E-state index >= 15 is 0 Å². The first-order valence-corrected chi connectivity index (χ1v) is 9.98. The molecule has 1 N–H and O–H groups in total. The van der Waals surface area contributed by atoms with Crippen molar-refractivity contribution in [3.63, 3.8) is 0 Å². The third-order valence-corrected chi connectivity index (χ3v) is 5.92. The molecule has 3 heterocycles. The maximum absolute atomic E-state index is 12.2. The lowest BCUT2D eigenvalue weighted by atomic mass is 10.0. The van der Waals surface area contributed by atoms with Crippen LogP contribution in [0.1, 0.15) is 19.3 Å². The summed E-state index contributed by atoms with van der Waals surface area (Å²) in [5, 5.41) is 13.5. The number of hydrogen-bond donors (Lipinski definition) is 1. The molecule has 1 saturated heterocycles. The Balaban J connectivity index is 1.75. The van der Waals surface area contributed by atoms with E-state index in [4.69, 9.17) is 8.83 Å². The summed E-state index contributed by atoms with van der Waals surface area (Å²) >= 11 is 0. The van der Waals surface area contributed by atoms with Crippen LogP contribution in [0.5, 0.6) is 5.75 Å². The number of phenols is 1. The largest absolute Gasteiger partial charge is 0.508 e. The molecule has 0 aliphatic carbocycles. The van der Waals surface area contributed by atoms with Crippen LogP contribution >= 0.6 is 0 Å². The van der Waals surface area contributed by atoms with Crippen LogP contribution in [0, 0.1) is 0 Å². The number of aromatic hydroxyl groups is 1. The average molecular weight is 385 g/mol. The first-order chi connectivity index (χ1) is 14.2. The first-order valence-electron chi connectivity index (χ1n) is 9.98. The van der Waals surface area contributed by atoms with Crippen molar-refractivity contribution < 1.29 is 13.9 Å². The summed E-state index contributed by atoms with van der Waals surface area (Å²) in [5.74, 6) is 0.124. The molecule has 144 valence electrons. The normalized spacial score (nSPS) is 15.1. The number of rotatable bonds is 1. The number of phenolic OH excluding ortho intramolecular Hbond substituents is 1. The second-order valence-corrected chi connectivity index (χ2v) is 7.78. The van der Waals surface area contributed by atoms with Crippen LogP contribution in [-0.2, 0) is 0 Å². The predicted octanol–water partition coefficient (Wildman–Crippen LogP) is 5.54. The van der Waals surface area contributed by atoms with E-state index < -0.39 is 0 Å². The molecule has 0 spiro atoms. The quantitative estimate of drug-likeness (QED) is 0.303. The van der Waals surface area contributed by atoms with Gasteiger partial charge >= 0.3 is 0 Å². The van der Waals surface area contributed by atoms with E-state index in [1.54, 1.807) is 12.1 Å². The molecular weight excluding hydrogens is 366 g/mol. The number of fused-ring (bicyclic) bond motifs is 4. The highest BCUT2D eigenvalue weighted by atomic mass is 16.3. The van der Waals surface area contributed by atoms with E-state index in [9.17, 15) is 9.90 Å². The van der Waals surface area contributed by atoms with Gasteiger partial charge in [0.1, 0.15) is 28.1 Å². The number of hydrogen-bond acceptors (Lipinski definition) is 5. The molecule has 29 heavy (non-hydrogen) atoms. The van der Waals surface area contributed by atoms with Gasteiger partial charge in [-0.1, -0.05) is 0 Å². The van der Waals surface area contributed by atoms with Crippen molar-refractivity contribution in [2.75, 3.05) is 18.0 Å². The van der Waals surface area contributed by atoms with Gasteiger partial charge in [-0.25, -0.2) is 0 Å². The molecular formula is C24H19NO4. The van der Waals surface area contributed by atoms with E-state index in [1.807, 2.05) is 6.07 Å². The smallest absolute Gasteiger partial charge is 0.186 e. The molecule has 6 rings (SSSR count). The van der Waals surface area contributed by atoms with Crippen molar-refractivity contribution in [3.8, 4) is 5.75 Å². The Kier molecular flexibility index (Phi) is 3.42. The van der Waals surface area contributed by atoms with Gasteiger partial charge < -0.3 is 18.8 Å². The number of piperidine rings is 1. The Morgan fingerprint density at radius 2 is 1.38 bits per heavy atom. The predicted molar refractivity (Wildman–Crippen MR) is 115 cm³/mol. The molecule has 1 aliphatic heterocycles. The SMILES string of the molecule is O=c1cc2oc3cc(O)ccc3c3c4ccc(N5CCCCC5)cc4oc(c1)c23. The van der Waals surface area contributed by atoms with Gasteiger partial charge in [0.15, 0.2) is 5.43 Å². The van der Waals surface area contributed by atoms with Crippen molar-refractivity contribution >= 4 is 49.6 Å². The van der Waals surface area contributed by atoms with Crippen molar-refractivity contribution in [2.24, 2.45) is 0 Å². The summed E-state index contributed by atoms with van der Waals surface area (Å²) in [6, 6.07) is 14.4. The van der Waals surface area contributed by atoms with E-state index in [0.29, 0.717) is 16.7 Å². The molecule has 0 radical (unpaired) electrons. The van der Waals surface area contributed by atoms with Crippen LogP contribution in [0.2, 0.25) is 0 Å². The van der Waals surface area contributed by atoms with Crippen LogP contribution in [0.15, 0.2) is 62.2 Å². The fraction of sp³-hybridized carbons (Fsp3) is 0.208. The Labute approximate surface area is 165 Å². The average Bonchev–Trinajstić information content (AvgIpc) is 2.73. The molecule has 0 saturated carbocycles. The van der Waals surface area contributed by atoms with Crippen LogP contribution in [-0.4, -0.2) is 18.2 Å². The zero-order chi connectivity index (χ0) is 19.5. The molecule has 3 aromatic carbocycles. The van der Waals surface area contributed by atoms with Crippen LogP contribution in [0.25, 0.3) is 43.9 Å². The summed E-state index contributed by atoms with van der Waals surface area (Å²) in [7, 11) is 0. The Morgan fingerprint density at radius 3 is 2.10 bits per heavy atom. The minimum Gasteiger partial charge on any atom is -0.508 e. The highest BCUT2D eigenvalue weighted by Crippen LogP contribution is 2.40. The molecule has 5 heteroatoms. The summed E-state index contributed by atoms with van der Waals surface area (Å²) in [6.07, 6.45) is 3.69. The highest BCUT2D eigenvalue weighted by Gasteiger charge is 2.18. The topological polar surface area (TPSA) is 66.8 Å². The Morgan fingerprint density at radius 1 is 0.724 bits per heavy atom. The second-order valence-electron chi connectivity index (χ2n) is 7.78. The van der Waals surface area contributed by atoms with Gasteiger partial charge in [-0.2, -0.15) is 0 Å². The van der Waals surface area contributed by atoms with Gasteiger partial charge in [0.25, 0.3) is 0 Å². The third-order valence-electron chi connectivity index (χ3n) is 5.92. The zero-order valence-corrected chi connectivity index (χ0v) is 15.8. The van der Waals surface area contributed by atoms with E-state index in [-0.39, 0.29) is 11.2 Å². The maximum atomic E-state index is 12.2. The molecule has 1 aliphatic rings. The molecule has 0 bridgehead atoms. The number of anilines is 1. The van der Waals surface area contributed by atoms with Gasteiger partial charge in [0, 0.05) is 59.2 Å². The highest BCUT2D eigenvalue weighted by molar-refractivity contribution is 6.25. The van der Waals surface area contributed by atoms with E-state index in [1.165, 1.54) is 31.4 Å². The molecule has 0 unspecified atom stereocenters. The lowest BCUT2D eigenvalue weighted by molar-refractivity contribution is 0.474. The van der Waals surface area contributed by atoms with E-state index in [2.05, 4.69) is 23.1 Å². The Bertz CT molecular complexity index is 1470. The minimum absolute atomic E-state index is 0.124. The van der Waals surface area contributed by atoms with Gasteiger partial charge in [-0.3, -0.25) is 4.79 Å². The van der Waals surface area contributed by atoms with Gasteiger partial charge in [0.2, 0.25) is 0 Å². The van der Waals surface area contributed by atoms with Gasteiger partial charge in [-0.15, -0.1) is 0 Å². The standard InChI is InChI=1S/C24H19NO4/c26-15-5-7-18-20(11-15)29-22-13-16(27)12-21-24(22)23(18)17-6-4-14(10-19(17)28-21)25-8-2-1-3-9-25/h4-7,10-13,26H,1-3,8-9H2. The van der Waals surface area contributed by atoms with Crippen LogP contribution in [0.3, 0.4) is 0 Å². The minimum atomic E-state index is -0.169. The summed E-state index contributed by atoms with van der Waals surface area (Å²) in [4.78, 5) is 14.6. The number of nitrogens with zero attached hydrogens (tertiary/aromatic N) is 1. The summed E-state index contributed by atoms with van der Waals surface area (Å²) in [5.41, 5.74) is 3.24. The fourth-order valence-corrected chi connectivity index (χ4v) is 4.58. The third kappa shape index (κ3) is 2.50. The first kappa shape index (κ1) is 16.5. The number of benzene rings is 3. The van der Waals surface area contributed by atoms with Gasteiger partial charge in [-0.05, 0) is 43.5 Å². The van der Waals surface area contributed by atoms with E-state index in [0.717, 1.165) is 45.9 Å².